The number of carbonyl (C=O) groups excluding carboxylic acids is 1. The summed E-state index contributed by atoms with van der Waals surface area (Å²) in [4.78, 5) is 12.4. The topological polar surface area (TPSA) is 98.7 Å². The second-order valence-corrected chi connectivity index (χ2v) is 8.56. The van der Waals surface area contributed by atoms with Crippen molar-refractivity contribution in [3.05, 3.63) is 29.8 Å². The summed E-state index contributed by atoms with van der Waals surface area (Å²) in [6.07, 6.45) is 1.05. The maximum atomic E-state index is 12.7. The van der Waals surface area contributed by atoms with Gasteiger partial charge in [0, 0.05) is 44.2 Å². The van der Waals surface area contributed by atoms with Crippen LogP contribution < -0.4 is 10.6 Å². The number of rotatable bonds is 9. The van der Waals surface area contributed by atoms with Gasteiger partial charge in [-0.15, -0.1) is 12.4 Å². The van der Waals surface area contributed by atoms with Gasteiger partial charge in [-0.1, -0.05) is 13.8 Å². The standard InChI is InChI=1S/C18H29N3O4S.ClH/c1-3-9-21(10-4-2)26(24,25)16-7-5-14(6-8-16)18(23)20-12-15-11-19-13-17(15)22;/h5-8,15,17,19,22H,3-4,9-13H2,1-2H3,(H,20,23);1H. The molecule has 0 saturated carbocycles. The average molecular weight is 420 g/mol. The summed E-state index contributed by atoms with van der Waals surface area (Å²) in [6, 6.07) is 6.02. The highest BCUT2D eigenvalue weighted by Crippen LogP contribution is 2.17. The molecule has 1 heterocycles. The van der Waals surface area contributed by atoms with E-state index in [1.807, 2.05) is 13.8 Å². The van der Waals surface area contributed by atoms with Gasteiger partial charge in [-0.25, -0.2) is 8.42 Å². The molecule has 1 amide bonds. The molecule has 0 spiro atoms. The lowest BCUT2D eigenvalue weighted by Gasteiger charge is -2.21. The minimum Gasteiger partial charge on any atom is -0.391 e. The number of nitrogens with one attached hydrogen (secondary N) is 2. The van der Waals surface area contributed by atoms with E-state index in [-0.39, 0.29) is 29.1 Å². The van der Waals surface area contributed by atoms with E-state index >= 15 is 0 Å². The molecular formula is C18H30ClN3O4S. The lowest BCUT2D eigenvalue weighted by molar-refractivity contribution is 0.0927. The Morgan fingerprint density at radius 2 is 1.78 bits per heavy atom. The maximum Gasteiger partial charge on any atom is 0.251 e. The Bertz CT molecular complexity index is 691. The van der Waals surface area contributed by atoms with Gasteiger partial charge in [0.05, 0.1) is 11.0 Å². The summed E-state index contributed by atoms with van der Waals surface area (Å²) >= 11 is 0. The number of sulfonamides is 1. The predicted octanol–water partition coefficient (Wildman–Crippen LogP) is 1.23. The number of aliphatic hydroxyl groups excluding tert-OH is 1. The molecule has 2 unspecified atom stereocenters. The fraction of sp³-hybridized carbons (Fsp3) is 0.611. The number of amides is 1. The Labute approximate surface area is 168 Å². The molecule has 0 aromatic heterocycles. The normalized spacial score (nSPS) is 19.7. The Morgan fingerprint density at radius 1 is 1.19 bits per heavy atom. The van der Waals surface area contributed by atoms with E-state index in [1.165, 1.54) is 28.6 Å². The third kappa shape index (κ3) is 6.15. The largest absolute Gasteiger partial charge is 0.391 e. The molecule has 0 radical (unpaired) electrons. The van der Waals surface area contributed by atoms with Crippen LogP contribution in [0.3, 0.4) is 0 Å². The lowest BCUT2D eigenvalue weighted by atomic mass is 10.1. The van der Waals surface area contributed by atoms with Crippen LogP contribution in [-0.4, -0.2) is 62.6 Å². The molecule has 3 N–H and O–H groups in total. The van der Waals surface area contributed by atoms with Crippen molar-refractivity contribution in [3.63, 3.8) is 0 Å². The molecule has 1 saturated heterocycles. The van der Waals surface area contributed by atoms with Crippen LogP contribution in [0.5, 0.6) is 0 Å². The smallest absolute Gasteiger partial charge is 0.251 e. The highest BCUT2D eigenvalue weighted by molar-refractivity contribution is 7.89. The first-order chi connectivity index (χ1) is 12.4. The first-order valence-electron chi connectivity index (χ1n) is 9.17. The van der Waals surface area contributed by atoms with E-state index < -0.39 is 16.1 Å². The van der Waals surface area contributed by atoms with Crippen LogP contribution in [0.2, 0.25) is 0 Å². The second kappa shape index (κ2) is 11.0. The van der Waals surface area contributed by atoms with Crippen molar-refractivity contribution in [2.75, 3.05) is 32.7 Å². The summed E-state index contributed by atoms with van der Waals surface area (Å²) in [5.41, 5.74) is 0.405. The average Bonchev–Trinajstić information content (AvgIpc) is 3.04. The summed E-state index contributed by atoms with van der Waals surface area (Å²) in [5, 5.41) is 15.6. The van der Waals surface area contributed by atoms with E-state index in [9.17, 15) is 18.3 Å². The van der Waals surface area contributed by atoms with Gasteiger partial charge in [-0.2, -0.15) is 4.31 Å². The summed E-state index contributed by atoms with van der Waals surface area (Å²) < 4.78 is 26.9. The van der Waals surface area contributed by atoms with Crippen LogP contribution >= 0.6 is 12.4 Å². The number of halogens is 1. The highest BCUT2D eigenvalue weighted by atomic mass is 35.5. The minimum atomic E-state index is -3.54. The first-order valence-corrected chi connectivity index (χ1v) is 10.6. The van der Waals surface area contributed by atoms with Gasteiger partial charge >= 0.3 is 0 Å². The quantitative estimate of drug-likeness (QED) is 0.559. The van der Waals surface area contributed by atoms with E-state index in [4.69, 9.17) is 0 Å². The predicted molar refractivity (Wildman–Crippen MR) is 108 cm³/mol. The number of carbonyl (C=O) groups is 1. The van der Waals surface area contributed by atoms with Gasteiger partial charge in [0.1, 0.15) is 0 Å². The van der Waals surface area contributed by atoms with Crippen LogP contribution in [0, 0.1) is 5.92 Å². The van der Waals surface area contributed by atoms with Crippen LogP contribution in [0.15, 0.2) is 29.2 Å². The fourth-order valence-electron chi connectivity index (χ4n) is 3.03. The molecule has 0 aliphatic carbocycles. The Balaban J connectivity index is 0.00000364. The molecule has 0 bridgehead atoms. The molecule has 7 nitrogen and oxygen atoms in total. The van der Waals surface area contributed by atoms with Crippen molar-refractivity contribution >= 4 is 28.3 Å². The number of nitrogens with zero attached hydrogens (tertiary/aromatic N) is 1. The number of aliphatic hydroxyl groups is 1. The zero-order valence-corrected chi connectivity index (χ0v) is 17.5. The van der Waals surface area contributed by atoms with Crippen LogP contribution in [-0.2, 0) is 10.0 Å². The zero-order chi connectivity index (χ0) is 19.2. The van der Waals surface area contributed by atoms with Crippen molar-refractivity contribution in [2.24, 2.45) is 5.92 Å². The molecule has 1 fully saturated rings. The van der Waals surface area contributed by atoms with E-state index in [2.05, 4.69) is 10.6 Å². The SMILES string of the molecule is CCCN(CCC)S(=O)(=O)c1ccc(C(=O)NCC2CNCC2O)cc1.Cl. The van der Waals surface area contributed by atoms with Gasteiger partial charge in [0.15, 0.2) is 0 Å². The lowest BCUT2D eigenvalue weighted by Crippen LogP contribution is -2.34. The van der Waals surface area contributed by atoms with Gasteiger partial charge in [0.25, 0.3) is 5.91 Å². The maximum absolute atomic E-state index is 12.7. The molecule has 1 aliphatic heterocycles. The highest BCUT2D eigenvalue weighted by Gasteiger charge is 2.26. The molecule has 1 aromatic rings. The molecular weight excluding hydrogens is 390 g/mol. The second-order valence-electron chi connectivity index (χ2n) is 6.62. The molecule has 1 aliphatic rings. The Hall–Kier alpha value is -1.19. The van der Waals surface area contributed by atoms with Gasteiger partial charge in [-0.05, 0) is 37.1 Å². The fourth-order valence-corrected chi connectivity index (χ4v) is 4.66. The van der Waals surface area contributed by atoms with Crippen LogP contribution in [0.4, 0.5) is 0 Å². The third-order valence-corrected chi connectivity index (χ3v) is 6.44. The van der Waals surface area contributed by atoms with E-state index in [0.717, 1.165) is 12.8 Å². The Morgan fingerprint density at radius 3 is 2.26 bits per heavy atom. The molecule has 2 rings (SSSR count). The monoisotopic (exact) mass is 419 g/mol. The van der Waals surface area contributed by atoms with Crippen LogP contribution in [0.1, 0.15) is 37.0 Å². The zero-order valence-electron chi connectivity index (χ0n) is 15.8. The number of β-amino-alcohol motifs (C(OH)–C–C–N with tert-alkyl or cyclic N) is 1. The van der Waals surface area contributed by atoms with Crippen molar-refractivity contribution in [1.29, 1.82) is 0 Å². The van der Waals surface area contributed by atoms with Crippen molar-refractivity contribution < 1.29 is 18.3 Å². The number of hydrogen-bond donors (Lipinski definition) is 3. The van der Waals surface area contributed by atoms with Gasteiger partial charge in [-0.3, -0.25) is 4.79 Å². The molecule has 9 heteroatoms. The summed E-state index contributed by atoms with van der Waals surface area (Å²) in [7, 11) is -3.54. The first kappa shape index (κ1) is 23.8. The Kier molecular flexibility index (Phi) is 9.69. The minimum absolute atomic E-state index is 0. The van der Waals surface area contributed by atoms with Crippen molar-refractivity contribution in [2.45, 2.75) is 37.7 Å². The molecule has 154 valence electrons. The van der Waals surface area contributed by atoms with Gasteiger partial charge < -0.3 is 15.7 Å². The number of benzene rings is 1. The molecule has 27 heavy (non-hydrogen) atoms. The van der Waals surface area contributed by atoms with Crippen LogP contribution in [0.25, 0.3) is 0 Å². The summed E-state index contributed by atoms with van der Waals surface area (Å²) in [5.74, 6) is -0.276. The van der Waals surface area contributed by atoms with E-state index in [0.29, 0.717) is 38.3 Å². The van der Waals surface area contributed by atoms with Crippen molar-refractivity contribution in [1.82, 2.24) is 14.9 Å². The van der Waals surface area contributed by atoms with Crippen molar-refractivity contribution in [3.8, 4) is 0 Å². The van der Waals surface area contributed by atoms with E-state index in [1.54, 1.807) is 0 Å². The third-order valence-electron chi connectivity index (χ3n) is 4.53. The summed E-state index contributed by atoms with van der Waals surface area (Å²) in [6.45, 7) is 6.45. The molecule has 1 aromatic carbocycles. The molecule has 2 atom stereocenters. The number of hydrogen-bond acceptors (Lipinski definition) is 5. The van der Waals surface area contributed by atoms with Gasteiger partial charge in [0.2, 0.25) is 10.0 Å².